The van der Waals surface area contributed by atoms with E-state index in [9.17, 15) is 4.79 Å². The zero-order valence-electron chi connectivity index (χ0n) is 13.4. The van der Waals surface area contributed by atoms with E-state index in [0.29, 0.717) is 19.6 Å². The highest BCUT2D eigenvalue weighted by Crippen LogP contribution is 2.24. The second-order valence-electron chi connectivity index (χ2n) is 5.49. The molecule has 2 aromatic carbocycles. The van der Waals surface area contributed by atoms with Gasteiger partial charge < -0.3 is 20.5 Å². The van der Waals surface area contributed by atoms with Crippen molar-refractivity contribution < 1.29 is 14.6 Å². The van der Waals surface area contributed by atoms with Gasteiger partial charge in [-0.05, 0) is 31.2 Å². The topological polar surface area (TPSA) is 70.6 Å². The number of amides is 2. The summed E-state index contributed by atoms with van der Waals surface area (Å²) in [7, 11) is 0. The van der Waals surface area contributed by atoms with Crippen LogP contribution in [0.25, 0.3) is 10.8 Å². The van der Waals surface area contributed by atoms with Crippen molar-refractivity contribution in [3.63, 3.8) is 0 Å². The smallest absolute Gasteiger partial charge is 0.315 e. The maximum atomic E-state index is 11.7. The largest absolute Gasteiger partial charge is 0.491 e. The highest BCUT2D eigenvalue weighted by Gasteiger charge is 2.06. The lowest BCUT2D eigenvalue weighted by molar-refractivity contribution is 0.230. The fourth-order valence-electron chi connectivity index (χ4n) is 2.39. The summed E-state index contributed by atoms with van der Waals surface area (Å²) < 4.78 is 5.76. The number of aliphatic hydroxyl groups is 1. The molecule has 3 N–H and O–H groups in total. The van der Waals surface area contributed by atoms with Gasteiger partial charge in [-0.15, -0.1) is 0 Å². The molecule has 0 heterocycles. The lowest BCUT2D eigenvalue weighted by Gasteiger charge is -2.14. The molecule has 2 amide bonds. The van der Waals surface area contributed by atoms with Gasteiger partial charge in [-0.1, -0.05) is 36.4 Å². The Morgan fingerprint density at radius 3 is 2.83 bits per heavy atom. The molecule has 0 spiro atoms. The number of hydrogen-bond donors (Lipinski definition) is 3. The molecule has 1 atom stereocenters. The molecule has 1 unspecified atom stereocenters. The molecular weight excluding hydrogens is 292 g/mol. The minimum atomic E-state index is -0.211. The standard InChI is InChI=1S/C18H24N2O3/c1-14(6-5-12-21)20-18(22)19-11-13-23-17-10-4-8-15-7-2-3-9-16(15)17/h2-4,7-10,14,21H,5-6,11-13H2,1H3,(H2,19,20,22). The molecule has 0 aromatic heterocycles. The number of benzene rings is 2. The van der Waals surface area contributed by atoms with Crippen LogP contribution in [0, 0.1) is 0 Å². The van der Waals surface area contributed by atoms with E-state index in [1.54, 1.807) is 0 Å². The number of ether oxygens (including phenoxy) is 1. The Kier molecular flexibility index (Phi) is 6.69. The van der Waals surface area contributed by atoms with E-state index in [-0.39, 0.29) is 18.7 Å². The van der Waals surface area contributed by atoms with Gasteiger partial charge in [-0.3, -0.25) is 0 Å². The van der Waals surface area contributed by atoms with Crippen LogP contribution in [0.4, 0.5) is 4.79 Å². The molecular formula is C18H24N2O3. The molecule has 0 saturated heterocycles. The van der Waals surface area contributed by atoms with E-state index in [1.165, 1.54) is 0 Å². The second-order valence-corrected chi connectivity index (χ2v) is 5.49. The molecule has 5 heteroatoms. The summed E-state index contributed by atoms with van der Waals surface area (Å²) in [6, 6.07) is 13.8. The number of fused-ring (bicyclic) bond motifs is 1. The maximum absolute atomic E-state index is 11.7. The Bertz CT molecular complexity index is 625. The van der Waals surface area contributed by atoms with Crippen LogP contribution in [0.2, 0.25) is 0 Å². The van der Waals surface area contributed by atoms with E-state index in [2.05, 4.69) is 10.6 Å². The van der Waals surface area contributed by atoms with Gasteiger partial charge in [0.05, 0.1) is 6.54 Å². The summed E-state index contributed by atoms with van der Waals surface area (Å²) in [5.41, 5.74) is 0. The van der Waals surface area contributed by atoms with E-state index in [4.69, 9.17) is 9.84 Å². The first-order valence-electron chi connectivity index (χ1n) is 7.96. The number of rotatable bonds is 8. The quantitative estimate of drug-likeness (QED) is 0.656. The monoisotopic (exact) mass is 316 g/mol. The number of urea groups is 1. The zero-order valence-corrected chi connectivity index (χ0v) is 13.4. The summed E-state index contributed by atoms with van der Waals surface area (Å²) >= 11 is 0. The molecule has 2 aromatic rings. The number of hydrogen-bond acceptors (Lipinski definition) is 3. The lowest BCUT2D eigenvalue weighted by Crippen LogP contribution is -2.42. The number of carbonyl (C=O) groups excluding carboxylic acids is 1. The van der Waals surface area contributed by atoms with E-state index in [0.717, 1.165) is 22.9 Å². The van der Waals surface area contributed by atoms with Crippen LogP contribution in [0.5, 0.6) is 5.75 Å². The Hall–Kier alpha value is -2.27. The maximum Gasteiger partial charge on any atom is 0.315 e. The summed E-state index contributed by atoms with van der Waals surface area (Å²) in [5.74, 6) is 0.821. The molecule has 0 aliphatic carbocycles. The molecule has 2 rings (SSSR count). The first kappa shape index (κ1) is 17.1. The van der Waals surface area contributed by atoms with Crippen molar-refractivity contribution in [2.24, 2.45) is 0 Å². The average Bonchev–Trinajstić information content (AvgIpc) is 2.57. The number of nitrogens with one attached hydrogen (secondary N) is 2. The minimum Gasteiger partial charge on any atom is -0.491 e. The molecule has 0 bridgehead atoms. The van der Waals surface area contributed by atoms with Gasteiger partial charge >= 0.3 is 6.03 Å². The minimum absolute atomic E-state index is 0.0427. The third kappa shape index (κ3) is 5.45. The normalized spacial score (nSPS) is 11.9. The van der Waals surface area contributed by atoms with Crippen LogP contribution in [0.1, 0.15) is 19.8 Å². The van der Waals surface area contributed by atoms with E-state index >= 15 is 0 Å². The highest BCUT2D eigenvalue weighted by atomic mass is 16.5. The Morgan fingerprint density at radius 2 is 2.00 bits per heavy atom. The summed E-state index contributed by atoms with van der Waals surface area (Å²) in [5, 5.41) is 16.6. The average molecular weight is 316 g/mol. The Labute approximate surface area is 136 Å². The van der Waals surface area contributed by atoms with Gasteiger partial charge in [0.25, 0.3) is 0 Å². The van der Waals surface area contributed by atoms with Crippen LogP contribution in [-0.2, 0) is 0 Å². The number of carbonyl (C=O) groups is 1. The van der Waals surface area contributed by atoms with Gasteiger partial charge in [0.2, 0.25) is 0 Å². The van der Waals surface area contributed by atoms with Crippen molar-refractivity contribution in [1.29, 1.82) is 0 Å². The molecule has 0 aliphatic rings. The fraction of sp³-hybridized carbons (Fsp3) is 0.389. The summed E-state index contributed by atoms with van der Waals surface area (Å²) in [4.78, 5) is 11.7. The molecule has 0 aliphatic heterocycles. The van der Waals surface area contributed by atoms with Crippen molar-refractivity contribution in [2.45, 2.75) is 25.8 Å². The predicted molar refractivity (Wildman–Crippen MR) is 91.8 cm³/mol. The summed E-state index contributed by atoms with van der Waals surface area (Å²) in [6.07, 6.45) is 1.45. The van der Waals surface area contributed by atoms with Gasteiger partial charge in [-0.2, -0.15) is 0 Å². The van der Waals surface area contributed by atoms with Gasteiger partial charge in [-0.25, -0.2) is 4.79 Å². The third-order valence-electron chi connectivity index (χ3n) is 3.57. The van der Waals surface area contributed by atoms with Crippen molar-refractivity contribution in [3.05, 3.63) is 42.5 Å². The van der Waals surface area contributed by atoms with Gasteiger partial charge in [0, 0.05) is 18.0 Å². The fourth-order valence-corrected chi connectivity index (χ4v) is 2.39. The molecule has 0 fully saturated rings. The van der Waals surface area contributed by atoms with Crippen molar-refractivity contribution in [2.75, 3.05) is 19.8 Å². The molecule has 23 heavy (non-hydrogen) atoms. The lowest BCUT2D eigenvalue weighted by atomic mass is 10.1. The molecule has 124 valence electrons. The van der Waals surface area contributed by atoms with Gasteiger partial charge in [0.1, 0.15) is 12.4 Å². The summed E-state index contributed by atoms with van der Waals surface area (Å²) in [6.45, 7) is 2.91. The molecule has 5 nitrogen and oxygen atoms in total. The number of aliphatic hydroxyl groups excluding tert-OH is 1. The van der Waals surface area contributed by atoms with Gasteiger partial charge in [0.15, 0.2) is 0 Å². The SMILES string of the molecule is CC(CCCO)NC(=O)NCCOc1cccc2ccccc12. The van der Waals surface area contributed by atoms with Crippen LogP contribution in [0.15, 0.2) is 42.5 Å². The van der Waals surface area contributed by atoms with Crippen molar-refractivity contribution >= 4 is 16.8 Å². The van der Waals surface area contributed by atoms with Crippen LogP contribution in [0.3, 0.4) is 0 Å². The van der Waals surface area contributed by atoms with Crippen LogP contribution < -0.4 is 15.4 Å². The van der Waals surface area contributed by atoms with Crippen LogP contribution >= 0.6 is 0 Å². The zero-order chi connectivity index (χ0) is 16.5. The first-order valence-corrected chi connectivity index (χ1v) is 7.96. The highest BCUT2D eigenvalue weighted by molar-refractivity contribution is 5.88. The van der Waals surface area contributed by atoms with E-state index in [1.807, 2.05) is 49.4 Å². The molecule has 0 radical (unpaired) electrons. The van der Waals surface area contributed by atoms with Crippen LogP contribution in [-0.4, -0.2) is 36.9 Å². The third-order valence-corrected chi connectivity index (χ3v) is 3.57. The molecule has 0 saturated carbocycles. The Morgan fingerprint density at radius 1 is 1.22 bits per heavy atom. The predicted octanol–water partition coefficient (Wildman–Crippen LogP) is 2.68. The van der Waals surface area contributed by atoms with Crippen molar-refractivity contribution in [3.8, 4) is 5.75 Å². The van der Waals surface area contributed by atoms with E-state index < -0.39 is 0 Å². The van der Waals surface area contributed by atoms with Crippen molar-refractivity contribution in [1.82, 2.24) is 10.6 Å². The Balaban J connectivity index is 1.73. The second kappa shape index (κ2) is 9.00. The first-order chi connectivity index (χ1) is 11.2.